The fraction of sp³-hybridized carbons (Fsp3) is 0.278. The lowest BCUT2D eigenvalue weighted by Crippen LogP contribution is -2.38. The van der Waals surface area contributed by atoms with Gasteiger partial charge in [0.15, 0.2) is 0 Å². The Hall–Kier alpha value is -3.01. The minimum absolute atomic E-state index is 0.0115. The van der Waals surface area contributed by atoms with Gasteiger partial charge in [-0.15, -0.1) is 0 Å². The molecule has 2 heterocycles. The predicted octanol–water partition coefficient (Wildman–Crippen LogP) is 3.09. The number of carbonyl (C=O) groups excluding carboxylic acids is 1. The zero-order valence-electron chi connectivity index (χ0n) is 13.4. The Bertz CT molecular complexity index is 809. The SMILES string of the molecule is N#Cc1ccc(N2CCC(C(=O)Nc3ccc(F)cc3F)CC2)nc1. The van der Waals surface area contributed by atoms with E-state index in [0.717, 1.165) is 18.0 Å². The molecule has 1 saturated heterocycles. The van der Waals surface area contributed by atoms with Crippen LogP contribution in [0.15, 0.2) is 36.5 Å². The van der Waals surface area contributed by atoms with Crippen LogP contribution in [0.2, 0.25) is 0 Å². The van der Waals surface area contributed by atoms with Crippen LogP contribution in [0.5, 0.6) is 0 Å². The van der Waals surface area contributed by atoms with Crippen LogP contribution in [-0.4, -0.2) is 24.0 Å². The Labute approximate surface area is 143 Å². The molecule has 7 heteroatoms. The Morgan fingerprint density at radius 1 is 1.24 bits per heavy atom. The number of benzene rings is 1. The molecule has 0 bridgehead atoms. The van der Waals surface area contributed by atoms with E-state index in [1.807, 2.05) is 11.0 Å². The van der Waals surface area contributed by atoms with Gasteiger partial charge >= 0.3 is 0 Å². The Morgan fingerprint density at radius 2 is 2.00 bits per heavy atom. The van der Waals surface area contributed by atoms with Crippen molar-refractivity contribution in [2.24, 2.45) is 5.92 Å². The average molecular weight is 342 g/mol. The third-order valence-corrected chi connectivity index (χ3v) is 4.26. The minimum Gasteiger partial charge on any atom is -0.357 e. The molecule has 3 rings (SSSR count). The quantitative estimate of drug-likeness (QED) is 0.931. The van der Waals surface area contributed by atoms with Crippen LogP contribution in [0.3, 0.4) is 0 Å². The van der Waals surface area contributed by atoms with Crippen molar-refractivity contribution in [3.63, 3.8) is 0 Å². The molecule has 1 amide bonds. The summed E-state index contributed by atoms with van der Waals surface area (Å²) in [5, 5.41) is 11.3. The number of nitrogens with zero attached hydrogens (tertiary/aromatic N) is 3. The first-order chi connectivity index (χ1) is 12.1. The smallest absolute Gasteiger partial charge is 0.227 e. The Kier molecular flexibility index (Phi) is 4.89. The average Bonchev–Trinajstić information content (AvgIpc) is 2.64. The van der Waals surface area contributed by atoms with E-state index in [4.69, 9.17) is 5.26 Å². The number of hydrogen-bond donors (Lipinski definition) is 1. The number of halogens is 2. The van der Waals surface area contributed by atoms with Gasteiger partial charge in [-0.05, 0) is 37.1 Å². The molecule has 25 heavy (non-hydrogen) atoms. The molecule has 1 aromatic carbocycles. The summed E-state index contributed by atoms with van der Waals surface area (Å²) in [4.78, 5) is 18.6. The van der Waals surface area contributed by atoms with Crippen LogP contribution < -0.4 is 10.2 Å². The number of hydrogen-bond acceptors (Lipinski definition) is 4. The van der Waals surface area contributed by atoms with E-state index in [1.165, 1.54) is 12.3 Å². The minimum atomic E-state index is -0.785. The monoisotopic (exact) mass is 342 g/mol. The number of nitriles is 1. The summed E-state index contributed by atoms with van der Waals surface area (Å²) in [5.41, 5.74) is 0.488. The number of nitrogens with one attached hydrogen (secondary N) is 1. The molecule has 1 aliphatic rings. The maximum Gasteiger partial charge on any atom is 0.227 e. The van der Waals surface area contributed by atoms with Crippen LogP contribution in [0.4, 0.5) is 20.3 Å². The molecule has 1 aliphatic heterocycles. The third-order valence-electron chi connectivity index (χ3n) is 4.26. The summed E-state index contributed by atoms with van der Waals surface area (Å²) in [7, 11) is 0. The van der Waals surface area contributed by atoms with Gasteiger partial charge in [-0.1, -0.05) is 0 Å². The number of carbonyl (C=O) groups is 1. The molecule has 1 aromatic heterocycles. The summed E-state index contributed by atoms with van der Waals surface area (Å²) in [6.45, 7) is 1.28. The fourth-order valence-corrected chi connectivity index (χ4v) is 2.84. The van der Waals surface area contributed by atoms with Crippen molar-refractivity contribution >= 4 is 17.4 Å². The number of anilines is 2. The van der Waals surface area contributed by atoms with Crippen molar-refractivity contribution in [2.45, 2.75) is 12.8 Å². The molecule has 1 N–H and O–H groups in total. The van der Waals surface area contributed by atoms with E-state index in [1.54, 1.807) is 12.1 Å². The summed E-state index contributed by atoms with van der Waals surface area (Å²) in [5.74, 6) is -1.20. The van der Waals surface area contributed by atoms with Crippen molar-refractivity contribution < 1.29 is 13.6 Å². The lowest BCUT2D eigenvalue weighted by molar-refractivity contribution is -0.120. The molecule has 1 fully saturated rings. The van der Waals surface area contributed by atoms with E-state index < -0.39 is 11.6 Å². The Morgan fingerprint density at radius 3 is 2.60 bits per heavy atom. The van der Waals surface area contributed by atoms with Crippen LogP contribution in [0.1, 0.15) is 18.4 Å². The first-order valence-electron chi connectivity index (χ1n) is 7.94. The van der Waals surface area contributed by atoms with Gasteiger partial charge in [-0.3, -0.25) is 4.79 Å². The molecule has 2 aromatic rings. The van der Waals surface area contributed by atoms with Gasteiger partial charge in [-0.2, -0.15) is 5.26 Å². The van der Waals surface area contributed by atoms with E-state index >= 15 is 0 Å². The second-order valence-corrected chi connectivity index (χ2v) is 5.89. The lowest BCUT2D eigenvalue weighted by Gasteiger charge is -2.32. The molecule has 0 atom stereocenters. The topological polar surface area (TPSA) is 69.0 Å². The fourth-order valence-electron chi connectivity index (χ4n) is 2.84. The maximum atomic E-state index is 13.6. The van der Waals surface area contributed by atoms with Gasteiger partial charge in [0.2, 0.25) is 5.91 Å². The van der Waals surface area contributed by atoms with Crippen molar-refractivity contribution in [1.29, 1.82) is 5.26 Å². The van der Waals surface area contributed by atoms with Gasteiger partial charge in [0.1, 0.15) is 23.5 Å². The Balaban J connectivity index is 1.57. The normalized spacial score (nSPS) is 14.8. The van der Waals surface area contributed by atoms with Crippen molar-refractivity contribution in [3.05, 3.63) is 53.7 Å². The molecule has 0 unspecified atom stereocenters. The molecule has 128 valence electrons. The largest absolute Gasteiger partial charge is 0.357 e. The molecule has 0 aliphatic carbocycles. The summed E-state index contributed by atoms with van der Waals surface area (Å²) >= 11 is 0. The summed E-state index contributed by atoms with van der Waals surface area (Å²) in [6.07, 6.45) is 2.73. The highest BCUT2D eigenvalue weighted by molar-refractivity contribution is 5.92. The van der Waals surface area contributed by atoms with Gasteiger partial charge in [-0.25, -0.2) is 13.8 Å². The molecule has 0 spiro atoms. The van der Waals surface area contributed by atoms with Gasteiger partial charge in [0.05, 0.1) is 11.3 Å². The van der Waals surface area contributed by atoms with Gasteiger partial charge in [0, 0.05) is 31.3 Å². The number of piperidine rings is 1. The zero-order valence-corrected chi connectivity index (χ0v) is 13.4. The number of rotatable bonds is 3. The number of aromatic nitrogens is 1. The van der Waals surface area contributed by atoms with Crippen LogP contribution >= 0.6 is 0 Å². The lowest BCUT2D eigenvalue weighted by atomic mass is 9.95. The second-order valence-electron chi connectivity index (χ2n) is 5.89. The predicted molar refractivity (Wildman–Crippen MR) is 88.9 cm³/mol. The second kappa shape index (κ2) is 7.26. The van der Waals surface area contributed by atoms with Gasteiger partial charge < -0.3 is 10.2 Å². The van der Waals surface area contributed by atoms with E-state index in [9.17, 15) is 13.6 Å². The van der Waals surface area contributed by atoms with E-state index in [-0.39, 0.29) is 17.5 Å². The van der Waals surface area contributed by atoms with Crippen LogP contribution in [-0.2, 0) is 4.79 Å². The third kappa shape index (κ3) is 3.91. The maximum absolute atomic E-state index is 13.6. The highest BCUT2D eigenvalue weighted by Crippen LogP contribution is 2.24. The van der Waals surface area contributed by atoms with Crippen molar-refractivity contribution in [3.8, 4) is 6.07 Å². The van der Waals surface area contributed by atoms with Gasteiger partial charge in [0.25, 0.3) is 0 Å². The zero-order chi connectivity index (χ0) is 17.8. The highest BCUT2D eigenvalue weighted by Gasteiger charge is 2.26. The molecule has 0 saturated carbocycles. The van der Waals surface area contributed by atoms with E-state index in [0.29, 0.717) is 31.5 Å². The molecular formula is C18H16F2N4O. The highest BCUT2D eigenvalue weighted by atomic mass is 19.1. The first kappa shape index (κ1) is 16.8. The standard InChI is InChI=1S/C18H16F2N4O/c19-14-2-3-16(15(20)9-14)23-18(25)13-5-7-24(8-6-13)17-4-1-12(10-21)11-22-17/h1-4,9,11,13H,5-8H2,(H,23,25). The van der Waals surface area contributed by atoms with Crippen molar-refractivity contribution in [2.75, 3.05) is 23.3 Å². The van der Waals surface area contributed by atoms with Crippen molar-refractivity contribution in [1.82, 2.24) is 4.98 Å². The number of pyridine rings is 1. The summed E-state index contributed by atoms with van der Waals surface area (Å²) < 4.78 is 26.5. The molecule has 5 nitrogen and oxygen atoms in total. The van der Waals surface area contributed by atoms with Crippen LogP contribution in [0.25, 0.3) is 0 Å². The van der Waals surface area contributed by atoms with Crippen LogP contribution in [0, 0.1) is 28.9 Å². The summed E-state index contributed by atoms with van der Waals surface area (Å²) in [6, 6.07) is 8.59. The first-order valence-corrected chi connectivity index (χ1v) is 7.94. The molecule has 0 radical (unpaired) electrons. The molecular weight excluding hydrogens is 326 g/mol. The number of amides is 1. The van der Waals surface area contributed by atoms with E-state index in [2.05, 4.69) is 10.3 Å².